The number of fused-ring (bicyclic) bond motifs is 1. The van der Waals surface area contributed by atoms with Gasteiger partial charge in [0.15, 0.2) is 0 Å². The van der Waals surface area contributed by atoms with E-state index < -0.39 is 0 Å². The van der Waals surface area contributed by atoms with Gasteiger partial charge < -0.3 is 9.88 Å². The number of amides is 1. The number of pyridine rings is 1. The highest BCUT2D eigenvalue weighted by molar-refractivity contribution is 5.93. The number of hydrogen-bond donors (Lipinski definition) is 1. The van der Waals surface area contributed by atoms with Gasteiger partial charge in [0, 0.05) is 25.5 Å². The van der Waals surface area contributed by atoms with Crippen LogP contribution >= 0.6 is 0 Å². The van der Waals surface area contributed by atoms with Crippen molar-refractivity contribution < 1.29 is 4.79 Å². The Bertz CT molecular complexity index is 1130. The third-order valence-corrected chi connectivity index (χ3v) is 5.11. The molecular formula is C24H24N4O. The Morgan fingerprint density at radius 2 is 1.79 bits per heavy atom. The normalized spacial score (nSPS) is 11.0. The van der Waals surface area contributed by atoms with E-state index in [1.807, 2.05) is 30.9 Å². The Kier molecular flexibility index (Phi) is 5.38. The van der Waals surface area contributed by atoms with E-state index in [1.54, 1.807) is 12.3 Å². The second-order valence-electron chi connectivity index (χ2n) is 7.30. The number of aromatic nitrogens is 3. The Labute approximate surface area is 170 Å². The molecule has 0 unspecified atom stereocenters. The summed E-state index contributed by atoms with van der Waals surface area (Å²) in [7, 11) is 2.00. The number of benzene rings is 2. The van der Waals surface area contributed by atoms with Crippen molar-refractivity contribution in [2.45, 2.75) is 19.8 Å². The molecule has 29 heavy (non-hydrogen) atoms. The van der Waals surface area contributed by atoms with Gasteiger partial charge in [0.25, 0.3) is 5.91 Å². The average molecular weight is 384 g/mol. The van der Waals surface area contributed by atoms with E-state index >= 15 is 0 Å². The van der Waals surface area contributed by atoms with Crippen LogP contribution in [0.1, 0.15) is 28.0 Å². The summed E-state index contributed by atoms with van der Waals surface area (Å²) < 4.78 is 2.02. The van der Waals surface area contributed by atoms with Crippen LogP contribution in [-0.2, 0) is 13.5 Å². The molecule has 0 saturated carbocycles. The summed E-state index contributed by atoms with van der Waals surface area (Å²) in [6.07, 6.45) is 5.27. The molecule has 0 saturated heterocycles. The van der Waals surface area contributed by atoms with Crippen LogP contribution in [0.2, 0.25) is 0 Å². The topological polar surface area (TPSA) is 59.8 Å². The summed E-state index contributed by atoms with van der Waals surface area (Å²) in [5.41, 5.74) is 7.26. The number of aryl methyl sites for hydroxylation is 3. The van der Waals surface area contributed by atoms with Crippen LogP contribution in [0.15, 0.2) is 67.1 Å². The van der Waals surface area contributed by atoms with Gasteiger partial charge in [-0.15, -0.1) is 0 Å². The van der Waals surface area contributed by atoms with Crippen molar-refractivity contribution in [3.63, 3.8) is 0 Å². The largest absolute Gasteiger partial charge is 0.352 e. The number of imidazole rings is 1. The highest BCUT2D eigenvalue weighted by Crippen LogP contribution is 2.24. The molecule has 1 N–H and O–H groups in total. The molecule has 2 aromatic heterocycles. The molecule has 4 rings (SSSR count). The fourth-order valence-electron chi connectivity index (χ4n) is 3.38. The van der Waals surface area contributed by atoms with Gasteiger partial charge in [0.2, 0.25) is 0 Å². The molecule has 2 aromatic carbocycles. The lowest BCUT2D eigenvalue weighted by Gasteiger charge is -2.07. The van der Waals surface area contributed by atoms with Gasteiger partial charge in [-0.05, 0) is 60.7 Å². The molecular weight excluding hydrogens is 360 g/mol. The van der Waals surface area contributed by atoms with Gasteiger partial charge in [0.05, 0.1) is 22.9 Å². The maximum Gasteiger partial charge on any atom is 0.252 e. The van der Waals surface area contributed by atoms with Crippen molar-refractivity contribution in [1.82, 2.24) is 19.9 Å². The molecule has 4 aromatic rings. The Balaban J connectivity index is 1.31. The molecule has 2 heterocycles. The van der Waals surface area contributed by atoms with Crippen LogP contribution < -0.4 is 5.32 Å². The SMILES string of the molecule is Cc1ccc(C(=O)NCCCc2ccc(-c3ccc4c(c3)ncn4C)cc2)cn1. The third kappa shape index (κ3) is 4.35. The predicted octanol–water partition coefficient (Wildman–Crippen LogP) is 4.31. The highest BCUT2D eigenvalue weighted by Gasteiger charge is 2.06. The minimum Gasteiger partial charge on any atom is -0.352 e. The predicted molar refractivity (Wildman–Crippen MR) is 116 cm³/mol. The summed E-state index contributed by atoms with van der Waals surface area (Å²) in [4.78, 5) is 20.7. The number of carbonyl (C=O) groups is 1. The van der Waals surface area contributed by atoms with Crippen molar-refractivity contribution in [3.05, 3.63) is 83.9 Å². The quantitative estimate of drug-likeness (QED) is 0.504. The lowest BCUT2D eigenvalue weighted by atomic mass is 10.0. The first kappa shape index (κ1) is 18.9. The Morgan fingerprint density at radius 1 is 1.00 bits per heavy atom. The molecule has 0 aliphatic carbocycles. The van der Waals surface area contributed by atoms with Crippen LogP contribution in [0.25, 0.3) is 22.2 Å². The van der Waals surface area contributed by atoms with Gasteiger partial charge in [0.1, 0.15) is 0 Å². The number of carbonyl (C=O) groups excluding carboxylic acids is 1. The molecule has 0 aliphatic heterocycles. The van der Waals surface area contributed by atoms with Crippen LogP contribution in [0.4, 0.5) is 0 Å². The van der Waals surface area contributed by atoms with E-state index in [2.05, 4.69) is 57.7 Å². The molecule has 0 fully saturated rings. The lowest BCUT2D eigenvalue weighted by Crippen LogP contribution is -2.24. The summed E-state index contributed by atoms with van der Waals surface area (Å²) in [6, 6.07) is 18.6. The maximum atomic E-state index is 12.1. The molecule has 146 valence electrons. The first-order chi connectivity index (χ1) is 14.1. The molecule has 1 amide bonds. The highest BCUT2D eigenvalue weighted by atomic mass is 16.1. The molecule has 0 spiro atoms. The van der Waals surface area contributed by atoms with Crippen LogP contribution in [0.5, 0.6) is 0 Å². The van der Waals surface area contributed by atoms with Crippen LogP contribution in [0, 0.1) is 6.92 Å². The van der Waals surface area contributed by atoms with Crippen molar-refractivity contribution in [3.8, 4) is 11.1 Å². The first-order valence-corrected chi connectivity index (χ1v) is 9.81. The molecule has 0 aliphatic rings. The maximum absolute atomic E-state index is 12.1. The van der Waals surface area contributed by atoms with Gasteiger partial charge >= 0.3 is 0 Å². The van der Waals surface area contributed by atoms with E-state index in [0.29, 0.717) is 12.1 Å². The van der Waals surface area contributed by atoms with Gasteiger partial charge in [-0.3, -0.25) is 9.78 Å². The van der Waals surface area contributed by atoms with E-state index in [-0.39, 0.29) is 5.91 Å². The van der Waals surface area contributed by atoms with Crippen molar-refractivity contribution in [2.75, 3.05) is 6.54 Å². The zero-order valence-corrected chi connectivity index (χ0v) is 16.7. The van der Waals surface area contributed by atoms with Crippen molar-refractivity contribution in [2.24, 2.45) is 7.05 Å². The molecule has 5 heteroatoms. The fourth-order valence-corrected chi connectivity index (χ4v) is 3.38. The lowest BCUT2D eigenvalue weighted by molar-refractivity contribution is 0.0953. The zero-order valence-electron chi connectivity index (χ0n) is 16.7. The van der Waals surface area contributed by atoms with E-state index in [9.17, 15) is 4.79 Å². The Hall–Kier alpha value is -3.47. The Morgan fingerprint density at radius 3 is 2.55 bits per heavy atom. The summed E-state index contributed by atoms with van der Waals surface area (Å²) in [6.45, 7) is 2.55. The second-order valence-corrected chi connectivity index (χ2v) is 7.30. The fraction of sp³-hybridized carbons (Fsp3) is 0.208. The van der Waals surface area contributed by atoms with E-state index in [0.717, 1.165) is 29.6 Å². The standard InChI is InChI=1S/C24H24N4O/c1-17-5-8-21(15-26-17)24(29)25-13-3-4-18-6-9-19(10-7-18)20-11-12-23-22(14-20)27-16-28(23)2/h5-12,14-16H,3-4,13H2,1-2H3,(H,25,29). The summed E-state index contributed by atoms with van der Waals surface area (Å²) in [5.74, 6) is -0.0715. The number of nitrogens with zero attached hydrogens (tertiary/aromatic N) is 3. The summed E-state index contributed by atoms with van der Waals surface area (Å²) >= 11 is 0. The smallest absolute Gasteiger partial charge is 0.252 e. The van der Waals surface area contributed by atoms with E-state index in [4.69, 9.17) is 0 Å². The molecule has 5 nitrogen and oxygen atoms in total. The third-order valence-electron chi connectivity index (χ3n) is 5.11. The van der Waals surface area contributed by atoms with Gasteiger partial charge in [-0.25, -0.2) is 4.98 Å². The first-order valence-electron chi connectivity index (χ1n) is 9.81. The monoisotopic (exact) mass is 384 g/mol. The number of rotatable bonds is 6. The number of hydrogen-bond acceptors (Lipinski definition) is 3. The van der Waals surface area contributed by atoms with Crippen molar-refractivity contribution >= 4 is 16.9 Å². The van der Waals surface area contributed by atoms with Crippen LogP contribution in [0.3, 0.4) is 0 Å². The van der Waals surface area contributed by atoms with E-state index in [1.165, 1.54) is 16.7 Å². The number of nitrogens with one attached hydrogen (secondary N) is 1. The molecule has 0 bridgehead atoms. The minimum atomic E-state index is -0.0715. The minimum absolute atomic E-state index is 0.0715. The average Bonchev–Trinajstić information content (AvgIpc) is 3.12. The summed E-state index contributed by atoms with van der Waals surface area (Å²) in [5, 5.41) is 2.96. The van der Waals surface area contributed by atoms with Gasteiger partial charge in [-0.2, -0.15) is 0 Å². The second kappa shape index (κ2) is 8.27. The molecule has 0 atom stereocenters. The van der Waals surface area contributed by atoms with Gasteiger partial charge in [-0.1, -0.05) is 30.3 Å². The molecule has 0 radical (unpaired) electrons. The zero-order chi connectivity index (χ0) is 20.2. The van der Waals surface area contributed by atoms with Crippen molar-refractivity contribution in [1.29, 1.82) is 0 Å². The van der Waals surface area contributed by atoms with Crippen LogP contribution in [-0.4, -0.2) is 27.0 Å².